The number of pyridine rings is 1. The first kappa shape index (κ1) is 21.6. The lowest BCUT2D eigenvalue weighted by atomic mass is 10.0. The smallest absolute Gasteiger partial charge is 0.416 e. The lowest BCUT2D eigenvalue weighted by Gasteiger charge is -2.12. The lowest BCUT2D eigenvalue weighted by Crippen LogP contribution is -2.05. The normalized spacial score (nSPS) is 11.5. The first-order valence-corrected chi connectivity index (χ1v) is 10.1. The Morgan fingerprint density at radius 2 is 1.56 bits per heavy atom. The van der Waals surface area contributed by atoms with Crippen LogP contribution < -0.4 is 4.74 Å². The molecule has 0 unspecified atom stereocenters. The topological polar surface area (TPSA) is 39.9 Å². The van der Waals surface area contributed by atoms with E-state index in [1.807, 2.05) is 54.1 Å². The zero-order valence-corrected chi connectivity index (χ0v) is 17.7. The first-order valence-electron chi connectivity index (χ1n) is 10.1. The van der Waals surface area contributed by atoms with E-state index < -0.39 is 11.7 Å². The highest BCUT2D eigenvalue weighted by Crippen LogP contribution is 2.29. The summed E-state index contributed by atoms with van der Waals surface area (Å²) in [7, 11) is 1.63. The number of hydrogen-bond acceptors (Lipinski definition) is 3. The number of aryl methyl sites for hydroxylation is 1. The third kappa shape index (κ3) is 4.99. The number of alkyl halides is 3. The molecular weight excluding hydrogens is 415 g/mol. The Balaban J connectivity index is 1.50. The van der Waals surface area contributed by atoms with Crippen molar-refractivity contribution in [1.82, 2.24) is 14.5 Å². The number of methoxy groups -OCH3 is 1. The van der Waals surface area contributed by atoms with Crippen LogP contribution >= 0.6 is 0 Å². The number of rotatable bonds is 6. The van der Waals surface area contributed by atoms with Crippen molar-refractivity contribution in [2.75, 3.05) is 7.11 Å². The van der Waals surface area contributed by atoms with E-state index in [0.29, 0.717) is 12.8 Å². The molecule has 2 aromatic carbocycles. The Morgan fingerprint density at radius 3 is 2.16 bits per heavy atom. The molecule has 32 heavy (non-hydrogen) atoms. The van der Waals surface area contributed by atoms with Gasteiger partial charge in [-0.15, -0.1) is 0 Å². The molecular formula is C25H22F3N3O. The van der Waals surface area contributed by atoms with Crippen molar-refractivity contribution in [3.8, 4) is 11.4 Å². The number of imidazole rings is 1. The average molecular weight is 437 g/mol. The maximum atomic E-state index is 12.8. The molecule has 0 spiro atoms. The largest absolute Gasteiger partial charge is 0.495 e. The highest BCUT2D eigenvalue weighted by Gasteiger charge is 2.29. The standard InChI is InChI=1S/C25H22F3N3O/c1-17-15-31(16-29-17)23-11-8-19(14-24(23)32-2)13-22-5-3-4-21(30-22)12-18-6-9-20(10-7-18)25(26,27)28/h3-11,14-16H,12-13H2,1-2H3. The second-order valence-electron chi connectivity index (χ2n) is 7.60. The van der Waals surface area contributed by atoms with E-state index in [2.05, 4.69) is 4.98 Å². The summed E-state index contributed by atoms with van der Waals surface area (Å²) in [5.41, 5.74) is 4.69. The van der Waals surface area contributed by atoms with Crippen LogP contribution in [0.25, 0.3) is 5.69 Å². The van der Waals surface area contributed by atoms with Crippen molar-refractivity contribution in [1.29, 1.82) is 0 Å². The quantitative estimate of drug-likeness (QED) is 0.384. The van der Waals surface area contributed by atoms with Crippen LogP contribution in [0.5, 0.6) is 5.75 Å². The fourth-order valence-corrected chi connectivity index (χ4v) is 3.55. The second-order valence-corrected chi connectivity index (χ2v) is 7.60. The minimum Gasteiger partial charge on any atom is -0.495 e. The number of nitrogens with zero attached hydrogens (tertiary/aromatic N) is 3. The average Bonchev–Trinajstić information content (AvgIpc) is 3.20. The van der Waals surface area contributed by atoms with Crippen LogP contribution in [-0.2, 0) is 19.0 Å². The number of aromatic nitrogens is 3. The SMILES string of the molecule is COc1cc(Cc2cccc(Cc3ccc(C(F)(F)F)cc3)n2)ccc1-n1cnc(C)c1. The minimum absolute atomic E-state index is 0.466. The van der Waals surface area contributed by atoms with Crippen molar-refractivity contribution < 1.29 is 17.9 Å². The van der Waals surface area contributed by atoms with E-state index in [1.165, 1.54) is 12.1 Å². The van der Waals surface area contributed by atoms with E-state index in [9.17, 15) is 13.2 Å². The number of ether oxygens (including phenoxy) is 1. The summed E-state index contributed by atoms with van der Waals surface area (Å²) in [5.74, 6) is 0.737. The maximum Gasteiger partial charge on any atom is 0.416 e. The van der Waals surface area contributed by atoms with Crippen molar-refractivity contribution in [3.05, 3.63) is 107 Å². The molecule has 0 bridgehead atoms. The molecule has 0 fully saturated rings. The summed E-state index contributed by atoms with van der Waals surface area (Å²) in [6.45, 7) is 1.93. The van der Waals surface area contributed by atoms with Crippen LogP contribution in [0.15, 0.2) is 73.2 Å². The van der Waals surface area contributed by atoms with Crippen LogP contribution in [0.2, 0.25) is 0 Å². The van der Waals surface area contributed by atoms with Crippen LogP contribution in [-0.4, -0.2) is 21.6 Å². The molecule has 164 valence electrons. The summed E-state index contributed by atoms with van der Waals surface area (Å²) >= 11 is 0. The van der Waals surface area contributed by atoms with Crippen molar-refractivity contribution >= 4 is 0 Å². The van der Waals surface area contributed by atoms with Gasteiger partial charge in [-0.1, -0.05) is 24.3 Å². The summed E-state index contributed by atoms with van der Waals surface area (Å²) in [6.07, 6.45) is 0.432. The predicted molar refractivity (Wildman–Crippen MR) is 116 cm³/mol. The zero-order valence-electron chi connectivity index (χ0n) is 17.7. The summed E-state index contributed by atoms with van der Waals surface area (Å²) < 4.78 is 45.8. The van der Waals surface area contributed by atoms with Crippen LogP contribution in [0, 0.1) is 6.92 Å². The Labute approximate surface area is 184 Å². The Kier molecular flexibility index (Phi) is 5.99. The Morgan fingerprint density at radius 1 is 0.906 bits per heavy atom. The van der Waals surface area contributed by atoms with Gasteiger partial charge in [-0.05, 0) is 54.4 Å². The number of hydrogen-bond donors (Lipinski definition) is 0. The summed E-state index contributed by atoms with van der Waals surface area (Å²) in [6, 6.07) is 16.9. The number of halogens is 3. The van der Waals surface area contributed by atoms with Crippen molar-refractivity contribution in [2.45, 2.75) is 25.9 Å². The van der Waals surface area contributed by atoms with Gasteiger partial charge in [0.1, 0.15) is 5.75 Å². The molecule has 0 atom stereocenters. The van der Waals surface area contributed by atoms with Gasteiger partial charge in [0.15, 0.2) is 0 Å². The van der Waals surface area contributed by atoms with Gasteiger partial charge in [-0.3, -0.25) is 4.98 Å². The minimum atomic E-state index is -4.33. The maximum absolute atomic E-state index is 12.8. The van der Waals surface area contributed by atoms with Crippen LogP contribution in [0.4, 0.5) is 13.2 Å². The molecule has 0 amide bonds. The van der Waals surface area contributed by atoms with E-state index in [1.54, 1.807) is 13.4 Å². The molecule has 0 aliphatic rings. The molecule has 7 heteroatoms. The summed E-state index contributed by atoms with van der Waals surface area (Å²) in [4.78, 5) is 8.96. The Bertz CT molecular complexity index is 1210. The highest BCUT2D eigenvalue weighted by atomic mass is 19.4. The molecule has 0 saturated heterocycles. The van der Waals surface area contributed by atoms with Crippen LogP contribution in [0.3, 0.4) is 0 Å². The van der Waals surface area contributed by atoms with E-state index in [0.717, 1.165) is 51.8 Å². The number of benzene rings is 2. The zero-order chi connectivity index (χ0) is 22.7. The molecule has 0 radical (unpaired) electrons. The Hall–Kier alpha value is -3.61. The molecule has 0 aliphatic heterocycles. The van der Waals surface area contributed by atoms with Gasteiger partial charge >= 0.3 is 6.18 Å². The lowest BCUT2D eigenvalue weighted by molar-refractivity contribution is -0.137. The molecule has 0 saturated carbocycles. The van der Waals surface area contributed by atoms with Crippen molar-refractivity contribution in [2.24, 2.45) is 0 Å². The van der Waals surface area contributed by atoms with Gasteiger partial charge in [0.25, 0.3) is 0 Å². The molecule has 2 aromatic heterocycles. The van der Waals surface area contributed by atoms with Gasteiger partial charge in [0.2, 0.25) is 0 Å². The van der Waals surface area contributed by atoms with E-state index in [-0.39, 0.29) is 0 Å². The molecule has 4 nitrogen and oxygen atoms in total. The monoisotopic (exact) mass is 437 g/mol. The highest BCUT2D eigenvalue weighted by molar-refractivity contribution is 5.49. The van der Waals surface area contributed by atoms with Gasteiger partial charge in [-0.2, -0.15) is 13.2 Å². The molecule has 4 aromatic rings. The second kappa shape index (κ2) is 8.86. The van der Waals surface area contributed by atoms with Gasteiger partial charge < -0.3 is 9.30 Å². The fourth-order valence-electron chi connectivity index (χ4n) is 3.55. The fraction of sp³-hybridized carbons (Fsp3) is 0.200. The predicted octanol–water partition coefficient (Wildman–Crippen LogP) is 5.78. The molecule has 0 aliphatic carbocycles. The summed E-state index contributed by atoms with van der Waals surface area (Å²) in [5, 5.41) is 0. The van der Waals surface area contributed by atoms with Crippen LogP contribution in [0.1, 0.15) is 33.8 Å². The van der Waals surface area contributed by atoms with E-state index in [4.69, 9.17) is 9.72 Å². The molecule has 4 rings (SSSR count). The molecule has 2 heterocycles. The third-order valence-electron chi connectivity index (χ3n) is 5.15. The van der Waals surface area contributed by atoms with Gasteiger partial charge in [0.05, 0.1) is 30.4 Å². The van der Waals surface area contributed by atoms with E-state index >= 15 is 0 Å². The molecule has 0 N–H and O–H groups in total. The van der Waals surface area contributed by atoms with Gasteiger partial charge in [0, 0.05) is 30.4 Å². The van der Waals surface area contributed by atoms with Gasteiger partial charge in [-0.25, -0.2) is 4.98 Å². The van der Waals surface area contributed by atoms with Crippen molar-refractivity contribution in [3.63, 3.8) is 0 Å². The third-order valence-corrected chi connectivity index (χ3v) is 5.15. The first-order chi connectivity index (χ1) is 15.3.